The van der Waals surface area contributed by atoms with Crippen molar-refractivity contribution in [1.82, 2.24) is 0 Å². The molecule has 0 aromatic heterocycles. The van der Waals surface area contributed by atoms with Gasteiger partial charge >= 0.3 is 0 Å². The Balaban J connectivity index is 0. The molecular weight excluding hydrogens is 122 g/mol. The summed E-state index contributed by atoms with van der Waals surface area (Å²) < 4.78 is 0. The van der Waals surface area contributed by atoms with Gasteiger partial charge in [0.2, 0.25) is 0 Å². The molecule has 0 atom stereocenters. The maximum Gasteiger partial charge on any atom is 0.0207 e. The van der Waals surface area contributed by atoms with Crippen LogP contribution in [0.3, 0.4) is 0 Å². The second-order valence-corrected chi connectivity index (χ2v) is 1.58. The van der Waals surface area contributed by atoms with Crippen molar-refractivity contribution in [2.45, 2.75) is 27.7 Å². The van der Waals surface area contributed by atoms with Crippen molar-refractivity contribution in [3.05, 3.63) is 23.8 Å². The van der Waals surface area contributed by atoms with E-state index in [0.29, 0.717) is 0 Å². The van der Waals surface area contributed by atoms with Gasteiger partial charge in [-0.25, -0.2) is 0 Å². The van der Waals surface area contributed by atoms with Gasteiger partial charge < -0.3 is 5.41 Å². The van der Waals surface area contributed by atoms with Crippen LogP contribution in [0.2, 0.25) is 0 Å². The van der Waals surface area contributed by atoms with Crippen LogP contribution in [-0.4, -0.2) is 6.21 Å². The van der Waals surface area contributed by atoms with Gasteiger partial charge in [0.15, 0.2) is 0 Å². The van der Waals surface area contributed by atoms with Gasteiger partial charge in [0.05, 0.1) is 0 Å². The summed E-state index contributed by atoms with van der Waals surface area (Å²) >= 11 is 0. The van der Waals surface area contributed by atoms with E-state index in [9.17, 15) is 0 Å². The van der Waals surface area contributed by atoms with Crippen LogP contribution in [0, 0.1) is 5.41 Å². The molecule has 1 heteroatoms. The maximum atomic E-state index is 6.76. The zero-order valence-electron chi connectivity index (χ0n) is 7.31. The van der Waals surface area contributed by atoms with Crippen molar-refractivity contribution in [1.29, 1.82) is 5.41 Å². The van der Waals surface area contributed by atoms with E-state index in [-0.39, 0.29) is 0 Å². The van der Waals surface area contributed by atoms with Crippen molar-refractivity contribution in [3.8, 4) is 0 Å². The van der Waals surface area contributed by atoms with Gasteiger partial charge in [-0.3, -0.25) is 0 Å². The van der Waals surface area contributed by atoms with Gasteiger partial charge in [-0.15, -0.1) is 0 Å². The molecule has 1 nitrogen and oxygen atoms in total. The highest BCUT2D eigenvalue weighted by Gasteiger charge is 1.71. The van der Waals surface area contributed by atoms with Crippen LogP contribution in [-0.2, 0) is 0 Å². The third-order valence-corrected chi connectivity index (χ3v) is 0.779. The van der Waals surface area contributed by atoms with E-state index in [1.807, 2.05) is 45.9 Å². The smallest absolute Gasteiger partial charge is 0.0207 e. The van der Waals surface area contributed by atoms with Crippen molar-refractivity contribution in [3.63, 3.8) is 0 Å². The molecule has 0 unspecified atom stereocenters. The molecule has 0 radical (unpaired) electrons. The minimum absolute atomic E-state index is 0.975. The Hall–Kier alpha value is -0.850. The van der Waals surface area contributed by atoms with E-state index >= 15 is 0 Å². The first-order valence-electron chi connectivity index (χ1n) is 3.61. The monoisotopic (exact) mass is 139 g/mol. The van der Waals surface area contributed by atoms with E-state index in [0.717, 1.165) is 5.57 Å². The lowest BCUT2D eigenvalue weighted by Crippen LogP contribution is -1.69. The zero-order chi connectivity index (χ0) is 8.41. The van der Waals surface area contributed by atoms with E-state index in [1.165, 1.54) is 6.21 Å². The van der Waals surface area contributed by atoms with E-state index < -0.39 is 0 Å². The molecule has 0 aliphatic rings. The van der Waals surface area contributed by atoms with Crippen molar-refractivity contribution >= 4 is 6.21 Å². The van der Waals surface area contributed by atoms with Gasteiger partial charge in [-0.2, -0.15) is 0 Å². The second kappa shape index (κ2) is 11.0. The molecule has 10 heavy (non-hydrogen) atoms. The Bertz CT molecular complexity index is 121. The van der Waals surface area contributed by atoms with Gasteiger partial charge in [0.1, 0.15) is 0 Å². The Labute approximate surface area is 64.0 Å². The predicted molar refractivity (Wildman–Crippen MR) is 48.7 cm³/mol. The molecule has 0 aromatic rings. The predicted octanol–water partition coefficient (Wildman–Crippen LogP) is 3.18. The highest BCUT2D eigenvalue weighted by atomic mass is 14.3. The third-order valence-electron chi connectivity index (χ3n) is 0.779. The Morgan fingerprint density at radius 3 is 2.10 bits per heavy atom. The maximum absolute atomic E-state index is 6.76. The normalized spacial score (nSPS) is 10.6. The van der Waals surface area contributed by atoms with E-state index in [4.69, 9.17) is 5.41 Å². The third kappa shape index (κ3) is 10.2. The fourth-order valence-electron chi connectivity index (χ4n) is 0.296. The van der Waals surface area contributed by atoms with Gasteiger partial charge in [-0.05, 0) is 19.4 Å². The average molecular weight is 139 g/mol. The highest BCUT2D eigenvalue weighted by molar-refractivity contribution is 5.75. The number of rotatable bonds is 2. The number of hydrogen-bond acceptors (Lipinski definition) is 1. The summed E-state index contributed by atoms with van der Waals surface area (Å²) in [6, 6.07) is 0. The summed E-state index contributed by atoms with van der Waals surface area (Å²) in [7, 11) is 0. The molecule has 0 aliphatic heterocycles. The molecule has 0 fully saturated rings. The van der Waals surface area contributed by atoms with Gasteiger partial charge in [0, 0.05) is 6.21 Å². The standard InChI is InChI=1S/C7H11N.C2H6/c1-3-4-5-7(2)6-8;1-2/h3-6,8H,1-2H3;1-2H3/b4-3-,7-5-,8-6?;. The summed E-state index contributed by atoms with van der Waals surface area (Å²) in [6.45, 7) is 7.85. The molecular formula is C9H17N. The molecule has 0 saturated carbocycles. The molecule has 0 spiro atoms. The molecule has 0 rings (SSSR count). The molecule has 1 N–H and O–H groups in total. The summed E-state index contributed by atoms with van der Waals surface area (Å²) in [6.07, 6.45) is 7.08. The summed E-state index contributed by atoms with van der Waals surface area (Å²) in [5, 5.41) is 6.76. The summed E-state index contributed by atoms with van der Waals surface area (Å²) in [5.74, 6) is 0. The van der Waals surface area contributed by atoms with Crippen molar-refractivity contribution in [2.75, 3.05) is 0 Å². The average Bonchev–Trinajstić information content (AvgIpc) is 2.04. The van der Waals surface area contributed by atoms with E-state index in [2.05, 4.69) is 0 Å². The first-order valence-corrected chi connectivity index (χ1v) is 3.61. The second-order valence-electron chi connectivity index (χ2n) is 1.58. The molecule has 0 amide bonds. The lowest BCUT2D eigenvalue weighted by Gasteiger charge is -1.80. The lowest BCUT2D eigenvalue weighted by atomic mass is 10.3. The minimum Gasteiger partial charge on any atom is -0.308 e. The molecule has 0 aliphatic carbocycles. The fraction of sp³-hybridized carbons (Fsp3) is 0.444. The fourth-order valence-corrected chi connectivity index (χ4v) is 0.296. The Kier molecular flexibility index (Phi) is 13.1. The SMILES string of the molecule is C/C=C\C=C(\C)C=N.CC. The number of hydrogen-bond donors (Lipinski definition) is 1. The van der Waals surface area contributed by atoms with E-state index in [1.54, 1.807) is 0 Å². The quantitative estimate of drug-likeness (QED) is 0.449. The molecule has 58 valence electrons. The molecule has 0 aromatic carbocycles. The van der Waals surface area contributed by atoms with Crippen LogP contribution >= 0.6 is 0 Å². The van der Waals surface area contributed by atoms with Crippen LogP contribution in [0.1, 0.15) is 27.7 Å². The van der Waals surface area contributed by atoms with Crippen LogP contribution < -0.4 is 0 Å². The Morgan fingerprint density at radius 1 is 1.30 bits per heavy atom. The Morgan fingerprint density at radius 2 is 1.80 bits per heavy atom. The molecule has 0 heterocycles. The summed E-state index contributed by atoms with van der Waals surface area (Å²) in [5.41, 5.74) is 0.975. The molecule has 0 bridgehead atoms. The number of allylic oxidation sites excluding steroid dienone is 4. The lowest BCUT2D eigenvalue weighted by molar-refractivity contribution is 1.50. The van der Waals surface area contributed by atoms with Gasteiger partial charge in [0.25, 0.3) is 0 Å². The van der Waals surface area contributed by atoms with Crippen LogP contribution in [0.5, 0.6) is 0 Å². The van der Waals surface area contributed by atoms with Crippen LogP contribution in [0.25, 0.3) is 0 Å². The number of nitrogens with one attached hydrogen (secondary N) is 1. The molecule has 0 saturated heterocycles. The van der Waals surface area contributed by atoms with Crippen LogP contribution in [0.15, 0.2) is 23.8 Å². The topological polar surface area (TPSA) is 23.9 Å². The first kappa shape index (κ1) is 11.9. The first-order chi connectivity index (χ1) is 4.81. The summed E-state index contributed by atoms with van der Waals surface area (Å²) in [4.78, 5) is 0. The largest absolute Gasteiger partial charge is 0.308 e. The zero-order valence-corrected chi connectivity index (χ0v) is 7.31. The highest BCUT2D eigenvalue weighted by Crippen LogP contribution is 1.85. The van der Waals surface area contributed by atoms with Gasteiger partial charge in [-0.1, -0.05) is 32.1 Å². The minimum atomic E-state index is 0.975. The van der Waals surface area contributed by atoms with Crippen molar-refractivity contribution < 1.29 is 0 Å². The van der Waals surface area contributed by atoms with Crippen LogP contribution in [0.4, 0.5) is 0 Å². The van der Waals surface area contributed by atoms with Crippen molar-refractivity contribution in [2.24, 2.45) is 0 Å².